The summed E-state index contributed by atoms with van der Waals surface area (Å²) in [6.45, 7) is 1.96. The number of aromatic nitrogens is 2. The summed E-state index contributed by atoms with van der Waals surface area (Å²) in [5.74, 6) is -0.938. The van der Waals surface area contributed by atoms with Gasteiger partial charge in [-0.25, -0.2) is 9.18 Å². The average molecular weight is 416 g/mol. The molecule has 1 aromatic heterocycles. The number of hydrogen-bond donors (Lipinski definition) is 1. The predicted octanol–water partition coefficient (Wildman–Crippen LogP) is 5.18. The minimum absolute atomic E-state index is 0.327. The molecule has 0 aliphatic carbocycles. The van der Waals surface area contributed by atoms with E-state index in [4.69, 9.17) is 14.9 Å². The maximum absolute atomic E-state index is 13.9. The van der Waals surface area contributed by atoms with Crippen LogP contribution >= 0.6 is 0 Å². The van der Waals surface area contributed by atoms with Gasteiger partial charge in [0.2, 0.25) is 0 Å². The van der Waals surface area contributed by atoms with Crippen LogP contribution in [0.5, 0.6) is 5.75 Å². The van der Waals surface area contributed by atoms with Crippen molar-refractivity contribution in [2.75, 3.05) is 6.61 Å². The summed E-state index contributed by atoms with van der Waals surface area (Å²) < 4.78 is 21.3. The summed E-state index contributed by atoms with van der Waals surface area (Å²) in [6.07, 6.45) is 0. The first-order valence-electron chi connectivity index (χ1n) is 9.83. The molecule has 0 atom stereocenters. The van der Waals surface area contributed by atoms with Gasteiger partial charge in [-0.1, -0.05) is 48.5 Å². The van der Waals surface area contributed by atoms with E-state index in [2.05, 4.69) is 0 Å². The molecule has 0 unspecified atom stereocenters. The second-order valence-electron chi connectivity index (χ2n) is 7.25. The Bertz CT molecular complexity index is 1220. The second-order valence-corrected chi connectivity index (χ2v) is 7.25. The highest BCUT2D eigenvalue weighted by Gasteiger charge is 2.16. The molecule has 0 amide bonds. The number of halogens is 1. The molecule has 31 heavy (non-hydrogen) atoms. The van der Waals surface area contributed by atoms with Gasteiger partial charge in [-0.15, -0.1) is 0 Å². The van der Waals surface area contributed by atoms with E-state index in [0.717, 1.165) is 16.8 Å². The van der Waals surface area contributed by atoms with Crippen LogP contribution in [0.2, 0.25) is 0 Å². The maximum atomic E-state index is 13.9. The number of carboxylic acid groups (broad SMARTS) is 1. The lowest BCUT2D eigenvalue weighted by molar-refractivity contribution is -0.139. The molecule has 0 bridgehead atoms. The van der Waals surface area contributed by atoms with E-state index in [1.165, 1.54) is 12.1 Å². The highest BCUT2D eigenvalue weighted by molar-refractivity contribution is 5.74. The number of hydrogen-bond acceptors (Lipinski definition) is 3. The van der Waals surface area contributed by atoms with Crippen molar-refractivity contribution in [2.45, 2.75) is 13.5 Å². The Labute approximate surface area is 179 Å². The van der Waals surface area contributed by atoms with E-state index >= 15 is 0 Å². The van der Waals surface area contributed by atoms with Crippen LogP contribution in [0.3, 0.4) is 0 Å². The Morgan fingerprint density at radius 1 is 1.03 bits per heavy atom. The Kier molecular flexibility index (Phi) is 5.80. The van der Waals surface area contributed by atoms with E-state index in [1.807, 2.05) is 66.2 Å². The van der Waals surface area contributed by atoms with Crippen molar-refractivity contribution >= 4 is 5.97 Å². The third kappa shape index (κ3) is 4.80. The summed E-state index contributed by atoms with van der Waals surface area (Å²) in [4.78, 5) is 11.0. The van der Waals surface area contributed by atoms with Gasteiger partial charge < -0.3 is 9.84 Å². The van der Waals surface area contributed by atoms with Crippen molar-refractivity contribution in [3.8, 4) is 28.3 Å². The monoisotopic (exact) mass is 416 g/mol. The molecule has 0 aliphatic rings. The molecule has 5 nitrogen and oxygen atoms in total. The van der Waals surface area contributed by atoms with Gasteiger partial charge in [0.15, 0.2) is 6.61 Å². The number of benzene rings is 3. The van der Waals surface area contributed by atoms with Crippen molar-refractivity contribution in [1.29, 1.82) is 0 Å². The average Bonchev–Trinajstić information content (AvgIpc) is 3.16. The lowest BCUT2D eigenvalue weighted by Crippen LogP contribution is -2.10. The number of aryl methyl sites for hydroxylation is 1. The van der Waals surface area contributed by atoms with Crippen LogP contribution < -0.4 is 4.74 Å². The van der Waals surface area contributed by atoms with Gasteiger partial charge in [-0.05, 0) is 48.4 Å². The molecule has 1 N–H and O–H groups in total. The second kappa shape index (κ2) is 8.83. The third-order valence-corrected chi connectivity index (χ3v) is 4.84. The normalized spacial score (nSPS) is 10.8. The van der Waals surface area contributed by atoms with Crippen LogP contribution in [-0.4, -0.2) is 27.5 Å². The Morgan fingerprint density at radius 2 is 1.84 bits per heavy atom. The molecule has 0 radical (unpaired) electrons. The van der Waals surface area contributed by atoms with E-state index in [0.29, 0.717) is 29.1 Å². The summed E-state index contributed by atoms with van der Waals surface area (Å²) in [7, 11) is 0. The number of ether oxygens (including phenoxy) is 1. The standard InChI is InChI=1S/C25H21FN2O3/c1-17-10-11-21(24(12-17)31-16-25(29)30)22-14-23(19-8-5-9-20(26)13-19)28(27-22)15-18-6-3-2-4-7-18/h2-14H,15-16H2,1H3,(H,29,30). The molecule has 6 heteroatoms. The Hall–Kier alpha value is -3.93. The molecule has 3 aromatic carbocycles. The lowest BCUT2D eigenvalue weighted by Gasteiger charge is -2.09. The molecule has 156 valence electrons. The minimum Gasteiger partial charge on any atom is -0.481 e. The van der Waals surface area contributed by atoms with Crippen molar-refractivity contribution in [2.24, 2.45) is 0 Å². The van der Waals surface area contributed by atoms with Crippen molar-refractivity contribution in [1.82, 2.24) is 9.78 Å². The Balaban J connectivity index is 1.81. The number of rotatable bonds is 7. The van der Waals surface area contributed by atoms with Crippen LogP contribution in [0, 0.1) is 12.7 Å². The fraction of sp³-hybridized carbons (Fsp3) is 0.120. The summed E-state index contributed by atoms with van der Waals surface area (Å²) >= 11 is 0. The van der Waals surface area contributed by atoms with Crippen LogP contribution in [0.15, 0.2) is 78.9 Å². The molecule has 0 saturated carbocycles. The zero-order chi connectivity index (χ0) is 21.8. The first kappa shape index (κ1) is 20.3. The van der Waals surface area contributed by atoms with Gasteiger partial charge in [0.05, 0.1) is 17.9 Å². The molecular formula is C25H21FN2O3. The lowest BCUT2D eigenvalue weighted by atomic mass is 10.1. The van der Waals surface area contributed by atoms with Crippen LogP contribution in [0.4, 0.5) is 4.39 Å². The molecule has 0 aliphatic heterocycles. The van der Waals surface area contributed by atoms with Gasteiger partial charge in [0.1, 0.15) is 11.6 Å². The molecule has 0 spiro atoms. The van der Waals surface area contributed by atoms with E-state index in [-0.39, 0.29) is 5.82 Å². The highest BCUT2D eigenvalue weighted by atomic mass is 19.1. The van der Waals surface area contributed by atoms with Crippen molar-refractivity contribution in [3.63, 3.8) is 0 Å². The number of carboxylic acids is 1. The number of nitrogens with zero attached hydrogens (tertiary/aromatic N) is 2. The molecule has 1 heterocycles. The van der Waals surface area contributed by atoms with Crippen molar-refractivity contribution < 1.29 is 19.0 Å². The van der Waals surface area contributed by atoms with E-state index < -0.39 is 12.6 Å². The summed E-state index contributed by atoms with van der Waals surface area (Å²) in [5, 5.41) is 13.8. The summed E-state index contributed by atoms with van der Waals surface area (Å²) in [6, 6.07) is 23.7. The van der Waals surface area contributed by atoms with E-state index in [9.17, 15) is 9.18 Å². The van der Waals surface area contributed by atoms with Crippen LogP contribution in [0.25, 0.3) is 22.5 Å². The van der Waals surface area contributed by atoms with Gasteiger partial charge in [-0.3, -0.25) is 4.68 Å². The third-order valence-electron chi connectivity index (χ3n) is 4.84. The summed E-state index contributed by atoms with van der Waals surface area (Å²) in [5.41, 5.74) is 4.75. The quantitative estimate of drug-likeness (QED) is 0.451. The highest BCUT2D eigenvalue weighted by Crippen LogP contribution is 2.33. The first-order chi connectivity index (χ1) is 15.0. The SMILES string of the molecule is Cc1ccc(-c2cc(-c3cccc(F)c3)n(Cc3ccccc3)n2)c(OCC(=O)O)c1. The number of aliphatic carboxylic acids is 1. The van der Waals surface area contributed by atoms with Gasteiger partial charge >= 0.3 is 5.97 Å². The topological polar surface area (TPSA) is 64.4 Å². The molecule has 4 rings (SSSR count). The fourth-order valence-corrected chi connectivity index (χ4v) is 3.41. The van der Waals surface area contributed by atoms with Crippen LogP contribution in [-0.2, 0) is 11.3 Å². The first-order valence-corrected chi connectivity index (χ1v) is 9.83. The Morgan fingerprint density at radius 3 is 2.58 bits per heavy atom. The van der Waals surface area contributed by atoms with Crippen LogP contribution in [0.1, 0.15) is 11.1 Å². The smallest absolute Gasteiger partial charge is 0.341 e. The van der Waals surface area contributed by atoms with Gasteiger partial charge in [0, 0.05) is 11.1 Å². The molecule has 0 fully saturated rings. The predicted molar refractivity (Wildman–Crippen MR) is 116 cm³/mol. The van der Waals surface area contributed by atoms with Crippen molar-refractivity contribution in [3.05, 3.63) is 95.8 Å². The zero-order valence-corrected chi connectivity index (χ0v) is 17.0. The zero-order valence-electron chi connectivity index (χ0n) is 17.0. The largest absolute Gasteiger partial charge is 0.481 e. The minimum atomic E-state index is -1.05. The molecular weight excluding hydrogens is 395 g/mol. The molecule has 0 saturated heterocycles. The maximum Gasteiger partial charge on any atom is 0.341 e. The molecule has 4 aromatic rings. The van der Waals surface area contributed by atoms with Gasteiger partial charge in [-0.2, -0.15) is 5.10 Å². The fourth-order valence-electron chi connectivity index (χ4n) is 3.41. The van der Waals surface area contributed by atoms with E-state index in [1.54, 1.807) is 12.1 Å². The van der Waals surface area contributed by atoms with Gasteiger partial charge in [0.25, 0.3) is 0 Å². The number of carbonyl (C=O) groups is 1.